The maximum atomic E-state index is 12.5. The third-order valence-electron chi connectivity index (χ3n) is 3.98. The van der Waals surface area contributed by atoms with Crippen LogP contribution in [0.25, 0.3) is 6.08 Å². The summed E-state index contributed by atoms with van der Waals surface area (Å²) in [6, 6.07) is 12.6. The summed E-state index contributed by atoms with van der Waals surface area (Å²) in [5.41, 5.74) is 1.22. The van der Waals surface area contributed by atoms with Crippen molar-refractivity contribution in [1.82, 2.24) is 10.2 Å². The van der Waals surface area contributed by atoms with E-state index in [9.17, 15) is 19.7 Å². The zero-order valence-electron chi connectivity index (χ0n) is 15.5. The molecule has 146 valence electrons. The van der Waals surface area contributed by atoms with Gasteiger partial charge in [0.25, 0.3) is 5.69 Å². The molecule has 0 fully saturated rings. The first-order valence-corrected chi connectivity index (χ1v) is 8.87. The molecular formula is C20H20ClN3O4. The van der Waals surface area contributed by atoms with Gasteiger partial charge in [-0.2, -0.15) is 0 Å². The Morgan fingerprint density at radius 3 is 2.57 bits per heavy atom. The molecule has 0 radical (unpaired) electrons. The molecule has 0 saturated heterocycles. The van der Waals surface area contributed by atoms with Crippen molar-refractivity contribution in [3.8, 4) is 0 Å². The number of hydrogen-bond donors (Lipinski definition) is 1. The summed E-state index contributed by atoms with van der Waals surface area (Å²) in [6.07, 6.45) is 3.01. The van der Waals surface area contributed by atoms with Crippen molar-refractivity contribution in [1.29, 1.82) is 0 Å². The smallest absolute Gasteiger partial charge is 0.269 e. The van der Waals surface area contributed by atoms with Gasteiger partial charge in [0, 0.05) is 36.8 Å². The van der Waals surface area contributed by atoms with Crippen LogP contribution >= 0.6 is 11.6 Å². The van der Waals surface area contributed by atoms with E-state index in [2.05, 4.69) is 5.32 Å². The van der Waals surface area contributed by atoms with Gasteiger partial charge < -0.3 is 10.2 Å². The maximum absolute atomic E-state index is 12.5. The lowest BCUT2D eigenvalue weighted by Gasteiger charge is -2.22. The highest BCUT2D eigenvalue weighted by Gasteiger charge is 2.20. The lowest BCUT2D eigenvalue weighted by atomic mass is 10.1. The molecule has 28 heavy (non-hydrogen) atoms. The fraction of sp³-hybridized carbons (Fsp3) is 0.200. The van der Waals surface area contributed by atoms with Crippen LogP contribution in [-0.4, -0.2) is 34.7 Å². The van der Waals surface area contributed by atoms with Gasteiger partial charge in [-0.15, -0.1) is 0 Å². The number of nitrogens with one attached hydrogen (secondary N) is 1. The van der Waals surface area contributed by atoms with E-state index in [1.54, 1.807) is 20.0 Å². The number of halogens is 1. The SMILES string of the molecule is CC(NC(=O)/C=C/c1ccccc1)C(=O)N(C)Cc1cc([N+](=O)[O-])ccc1Cl. The van der Waals surface area contributed by atoms with Crippen LogP contribution in [0.5, 0.6) is 0 Å². The van der Waals surface area contributed by atoms with E-state index in [-0.39, 0.29) is 18.1 Å². The normalized spacial score (nSPS) is 11.8. The molecule has 0 aliphatic carbocycles. The second-order valence-electron chi connectivity index (χ2n) is 6.20. The van der Waals surface area contributed by atoms with Crippen molar-refractivity contribution in [3.05, 3.63) is 80.9 Å². The van der Waals surface area contributed by atoms with E-state index in [4.69, 9.17) is 11.6 Å². The van der Waals surface area contributed by atoms with Gasteiger partial charge in [-0.1, -0.05) is 41.9 Å². The summed E-state index contributed by atoms with van der Waals surface area (Å²) < 4.78 is 0. The fourth-order valence-corrected chi connectivity index (χ4v) is 2.70. The van der Waals surface area contributed by atoms with Crippen molar-refractivity contribution < 1.29 is 14.5 Å². The molecule has 2 amide bonds. The predicted octanol–water partition coefficient (Wildman–Crippen LogP) is 3.42. The molecule has 0 aliphatic heterocycles. The number of nitro groups is 1. The van der Waals surface area contributed by atoms with E-state index in [1.807, 2.05) is 30.3 Å². The van der Waals surface area contributed by atoms with Gasteiger partial charge in [-0.25, -0.2) is 0 Å². The zero-order valence-corrected chi connectivity index (χ0v) is 16.2. The van der Waals surface area contributed by atoms with Gasteiger partial charge in [0.05, 0.1) is 4.92 Å². The number of nitrogens with zero attached hydrogens (tertiary/aromatic N) is 2. The molecule has 2 rings (SSSR count). The highest BCUT2D eigenvalue weighted by atomic mass is 35.5. The first-order valence-electron chi connectivity index (χ1n) is 8.49. The standard InChI is InChI=1S/C20H20ClN3O4/c1-14(22-19(25)11-8-15-6-4-3-5-7-15)20(26)23(2)13-16-12-17(24(27)28)9-10-18(16)21/h3-12,14H,13H2,1-2H3,(H,22,25)/b11-8+. The minimum atomic E-state index is -0.768. The number of nitro benzene ring substituents is 1. The number of benzene rings is 2. The first kappa shape index (κ1) is 21.1. The number of rotatable bonds is 7. The van der Waals surface area contributed by atoms with Crippen molar-refractivity contribution in [2.24, 2.45) is 0 Å². The Morgan fingerprint density at radius 1 is 1.25 bits per heavy atom. The topological polar surface area (TPSA) is 92.6 Å². The molecule has 0 bridgehead atoms. The first-order chi connectivity index (χ1) is 13.3. The molecular weight excluding hydrogens is 382 g/mol. The average Bonchev–Trinajstić information content (AvgIpc) is 2.68. The Balaban J connectivity index is 1.97. The molecule has 2 aromatic carbocycles. The van der Waals surface area contributed by atoms with E-state index in [0.29, 0.717) is 10.6 Å². The summed E-state index contributed by atoms with van der Waals surface area (Å²) in [5, 5.41) is 13.8. The third kappa shape index (κ3) is 5.92. The van der Waals surface area contributed by atoms with Gasteiger partial charge in [0.1, 0.15) is 6.04 Å². The average molecular weight is 402 g/mol. The maximum Gasteiger partial charge on any atom is 0.269 e. The Kier molecular flexibility index (Phi) is 7.28. The Morgan fingerprint density at radius 2 is 1.93 bits per heavy atom. The third-order valence-corrected chi connectivity index (χ3v) is 4.35. The Labute approximate surface area is 167 Å². The number of carbonyl (C=O) groups is 2. The van der Waals surface area contributed by atoms with Crippen molar-refractivity contribution in [3.63, 3.8) is 0 Å². The number of carbonyl (C=O) groups excluding carboxylic acids is 2. The summed E-state index contributed by atoms with van der Waals surface area (Å²) in [5.74, 6) is -0.740. The van der Waals surface area contributed by atoms with Crippen LogP contribution in [0.1, 0.15) is 18.1 Å². The Hall–Kier alpha value is -3.19. The van der Waals surface area contributed by atoms with Crippen LogP contribution in [0, 0.1) is 10.1 Å². The summed E-state index contributed by atoms with van der Waals surface area (Å²) in [7, 11) is 1.54. The van der Waals surface area contributed by atoms with E-state index in [1.165, 1.54) is 29.2 Å². The van der Waals surface area contributed by atoms with E-state index >= 15 is 0 Å². The molecule has 0 spiro atoms. The monoisotopic (exact) mass is 401 g/mol. The van der Waals surface area contributed by atoms with Gasteiger partial charge >= 0.3 is 0 Å². The fourth-order valence-electron chi connectivity index (χ4n) is 2.52. The van der Waals surface area contributed by atoms with Crippen LogP contribution in [0.4, 0.5) is 5.69 Å². The summed E-state index contributed by atoms with van der Waals surface area (Å²) >= 11 is 6.07. The van der Waals surface area contributed by atoms with Crippen molar-refractivity contribution in [2.45, 2.75) is 19.5 Å². The minimum absolute atomic E-state index is 0.0827. The van der Waals surface area contributed by atoms with Crippen LogP contribution < -0.4 is 5.32 Å². The van der Waals surface area contributed by atoms with E-state index in [0.717, 1.165) is 5.56 Å². The zero-order chi connectivity index (χ0) is 20.7. The minimum Gasteiger partial charge on any atom is -0.341 e. The van der Waals surface area contributed by atoms with Crippen molar-refractivity contribution in [2.75, 3.05) is 7.05 Å². The predicted molar refractivity (Wildman–Crippen MR) is 108 cm³/mol. The number of amides is 2. The molecule has 0 saturated carbocycles. The lowest BCUT2D eigenvalue weighted by Crippen LogP contribution is -2.44. The number of hydrogen-bond acceptors (Lipinski definition) is 4. The molecule has 0 heterocycles. The highest BCUT2D eigenvalue weighted by molar-refractivity contribution is 6.31. The molecule has 0 aromatic heterocycles. The van der Waals surface area contributed by atoms with Gasteiger partial charge in [-0.3, -0.25) is 19.7 Å². The number of non-ortho nitro benzene ring substituents is 1. The molecule has 2 aromatic rings. The second kappa shape index (κ2) is 9.66. The molecule has 0 aliphatic rings. The number of likely N-dealkylation sites (N-methyl/N-ethyl adjacent to an activating group) is 1. The summed E-state index contributed by atoms with van der Waals surface area (Å²) in [4.78, 5) is 36.3. The van der Waals surface area contributed by atoms with Gasteiger partial charge in [0.2, 0.25) is 11.8 Å². The molecule has 8 heteroatoms. The van der Waals surface area contributed by atoms with E-state index < -0.39 is 16.9 Å². The second-order valence-corrected chi connectivity index (χ2v) is 6.61. The lowest BCUT2D eigenvalue weighted by molar-refractivity contribution is -0.384. The van der Waals surface area contributed by atoms with Crippen molar-refractivity contribution >= 4 is 35.2 Å². The summed E-state index contributed by atoms with van der Waals surface area (Å²) in [6.45, 7) is 1.65. The quantitative estimate of drug-likeness (QED) is 0.437. The van der Waals surface area contributed by atoms with Gasteiger partial charge in [-0.05, 0) is 30.2 Å². The largest absolute Gasteiger partial charge is 0.341 e. The molecule has 7 nitrogen and oxygen atoms in total. The highest BCUT2D eigenvalue weighted by Crippen LogP contribution is 2.23. The van der Waals surface area contributed by atoms with Crippen LogP contribution in [0.15, 0.2) is 54.6 Å². The molecule has 1 atom stereocenters. The van der Waals surface area contributed by atoms with Crippen LogP contribution in [0.3, 0.4) is 0 Å². The van der Waals surface area contributed by atoms with Crippen LogP contribution in [0.2, 0.25) is 5.02 Å². The molecule has 1 N–H and O–H groups in total. The van der Waals surface area contributed by atoms with Crippen LogP contribution in [-0.2, 0) is 16.1 Å². The van der Waals surface area contributed by atoms with Gasteiger partial charge in [0.15, 0.2) is 0 Å². The Bertz CT molecular complexity index is 900. The molecule has 1 unspecified atom stereocenters.